The Hall–Kier alpha value is -1.06. The van der Waals surface area contributed by atoms with E-state index in [9.17, 15) is 5.11 Å². The molecule has 3 nitrogen and oxygen atoms in total. The van der Waals surface area contributed by atoms with Crippen LogP contribution in [0.2, 0.25) is 0 Å². The van der Waals surface area contributed by atoms with E-state index >= 15 is 0 Å². The Bertz CT molecular complexity index is 302. The van der Waals surface area contributed by atoms with E-state index in [1.54, 1.807) is 0 Å². The van der Waals surface area contributed by atoms with Crippen molar-refractivity contribution >= 4 is 0 Å². The molecule has 1 aromatic carbocycles. The van der Waals surface area contributed by atoms with Gasteiger partial charge >= 0.3 is 0 Å². The van der Waals surface area contributed by atoms with Gasteiger partial charge in [-0.1, -0.05) is 18.2 Å². The average Bonchev–Trinajstić information content (AvgIpc) is 2.26. The summed E-state index contributed by atoms with van der Waals surface area (Å²) in [5.74, 6) is 0.802. The fourth-order valence-corrected chi connectivity index (χ4v) is 1.97. The maximum absolute atomic E-state index is 9.85. The zero-order valence-electron chi connectivity index (χ0n) is 8.67. The third kappa shape index (κ3) is 2.49. The van der Waals surface area contributed by atoms with Crippen LogP contribution < -0.4 is 10.5 Å². The number of nitrogens with two attached hydrogens (primary N) is 1. The van der Waals surface area contributed by atoms with E-state index in [0.29, 0.717) is 0 Å². The molecule has 0 unspecified atom stereocenters. The summed E-state index contributed by atoms with van der Waals surface area (Å²) in [7, 11) is 0. The van der Waals surface area contributed by atoms with Crippen LogP contribution in [0, 0.1) is 0 Å². The first-order valence-corrected chi connectivity index (χ1v) is 5.43. The van der Waals surface area contributed by atoms with E-state index in [2.05, 4.69) is 0 Å². The van der Waals surface area contributed by atoms with Gasteiger partial charge in [-0.3, -0.25) is 0 Å². The predicted octanol–water partition coefficient (Wildman–Crippen LogP) is 1.31. The van der Waals surface area contributed by atoms with E-state index in [0.717, 1.165) is 25.0 Å². The molecule has 0 aromatic heterocycles. The zero-order chi connectivity index (χ0) is 10.7. The Kier molecular flexibility index (Phi) is 3.23. The van der Waals surface area contributed by atoms with Gasteiger partial charge in [0.05, 0.1) is 0 Å². The molecular formula is C12H17NO2. The van der Waals surface area contributed by atoms with Gasteiger partial charge in [-0.15, -0.1) is 0 Å². The van der Waals surface area contributed by atoms with Crippen molar-refractivity contribution in [2.45, 2.75) is 37.5 Å². The molecule has 3 N–H and O–H groups in total. The van der Waals surface area contributed by atoms with Crippen molar-refractivity contribution < 1.29 is 9.84 Å². The van der Waals surface area contributed by atoms with Crippen molar-refractivity contribution in [2.75, 3.05) is 0 Å². The van der Waals surface area contributed by atoms with Crippen LogP contribution >= 0.6 is 0 Å². The summed E-state index contributed by atoms with van der Waals surface area (Å²) >= 11 is 0. The Labute approximate surface area is 89.9 Å². The van der Waals surface area contributed by atoms with Crippen LogP contribution in [0.1, 0.15) is 19.3 Å². The molecule has 0 heterocycles. The van der Waals surface area contributed by atoms with E-state index in [1.807, 2.05) is 30.3 Å². The number of aliphatic hydroxyl groups excluding tert-OH is 1. The van der Waals surface area contributed by atoms with Crippen LogP contribution in [-0.2, 0) is 0 Å². The second kappa shape index (κ2) is 4.64. The number of hydrogen-bond acceptors (Lipinski definition) is 3. The van der Waals surface area contributed by atoms with Crippen molar-refractivity contribution in [3.8, 4) is 5.75 Å². The van der Waals surface area contributed by atoms with Crippen LogP contribution in [0.15, 0.2) is 30.3 Å². The fourth-order valence-electron chi connectivity index (χ4n) is 1.97. The summed E-state index contributed by atoms with van der Waals surface area (Å²) in [6, 6.07) is 9.43. The highest BCUT2D eigenvalue weighted by molar-refractivity contribution is 5.21. The van der Waals surface area contributed by atoms with Crippen LogP contribution in [0.5, 0.6) is 5.75 Å². The van der Waals surface area contributed by atoms with Gasteiger partial charge in [0.2, 0.25) is 0 Å². The van der Waals surface area contributed by atoms with Crippen molar-refractivity contribution in [3.05, 3.63) is 30.3 Å². The topological polar surface area (TPSA) is 55.5 Å². The first-order chi connectivity index (χ1) is 7.27. The number of rotatable bonds is 2. The molecule has 0 amide bonds. The van der Waals surface area contributed by atoms with Gasteiger partial charge in [0.1, 0.15) is 18.0 Å². The predicted molar refractivity (Wildman–Crippen MR) is 58.7 cm³/mol. The van der Waals surface area contributed by atoms with Crippen molar-refractivity contribution in [3.63, 3.8) is 0 Å². The molecule has 1 aliphatic rings. The normalized spacial score (nSPS) is 31.2. The minimum absolute atomic E-state index is 0.146. The molecule has 3 heteroatoms. The number of aliphatic hydroxyl groups is 1. The second-order valence-electron chi connectivity index (χ2n) is 4.05. The monoisotopic (exact) mass is 207 g/mol. The Morgan fingerprint density at radius 3 is 2.67 bits per heavy atom. The molecule has 0 spiro atoms. The van der Waals surface area contributed by atoms with Crippen LogP contribution in [-0.4, -0.2) is 23.4 Å². The maximum Gasteiger partial charge on any atom is 0.126 e. The lowest BCUT2D eigenvalue weighted by molar-refractivity contribution is -0.00585. The van der Waals surface area contributed by atoms with E-state index in [-0.39, 0.29) is 12.1 Å². The first kappa shape index (κ1) is 10.5. The molecule has 3 atom stereocenters. The fraction of sp³-hybridized carbons (Fsp3) is 0.500. The summed E-state index contributed by atoms with van der Waals surface area (Å²) in [6.45, 7) is 0. The van der Waals surface area contributed by atoms with Gasteiger partial charge in [0, 0.05) is 6.04 Å². The van der Waals surface area contributed by atoms with Gasteiger partial charge in [-0.2, -0.15) is 0 Å². The molecule has 0 bridgehead atoms. The van der Waals surface area contributed by atoms with Crippen molar-refractivity contribution in [1.82, 2.24) is 0 Å². The van der Waals surface area contributed by atoms with E-state index in [4.69, 9.17) is 10.5 Å². The third-order valence-corrected chi connectivity index (χ3v) is 2.88. The minimum atomic E-state index is -0.543. The van der Waals surface area contributed by atoms with Crippen LogP contribution in [0.25, 0.3) is 0 Å². The molecule has 1 fully saturated rings. The minimum Gasteiger partial charge on any atom is -0.488 e. The zero-order valence-corrected chi connectivity index (χ0v) is 8.67. The molecule has 1 aliphatic carbocycles. The summed E-state index contributed by atoms with van der Waals surface area (Å²) in [5, 5.41) is 9.85. The molecule has 1 saturated carbocycles. The van der Waals surface area contributed by atoms with Crippen LogP contribution in [0.4, 0.5) is 0 Å². The van der Waals surface area contributed by atoms with E-state index in [1.165, 1.54) is 0 Å². The number of hydrogen-bond donors (Lipinski definition) is 2. The summed E-state index contributed by atoms with van der Waals surface area (Å²) < 4.78 is 5.71. The molecule has 82 valence electrons. The van der Waals surface area contributed by atoms with Crippen molar-refractivity contribution in [2.24, 2.45) is 5.73 Å². The summed E-state index contributed by atoms with van der Waals surface area (Å²) in [4.78, 5) is 0. The highest BCUT2D eigenvalue weighted by Crippen LogP contribution is 2.23. The molecule has 2 rings (SSSR count). The standard InChI is InChI=1S/C12H17NO2/c13-10-7-4-8-11(12(10)14)15-9-5-2-1-3-6-9/h1-3,5-6,10-12,14H,4,7-8,13H2/t10-,11+,12+/m1/s1. The summed E-state index contributed by atoms with van der Waals surface area (Å²) in [5.41, 5.74) is 5.79. The lowest BCUT2D eigenvalue weighted by Gasteiger charge is -2.32. The SMILES string of the molecule is N[C@@H]1CCC[C@H](Oc2ccccc2)[C@H]1O. The van der Waals surface area contributed by atoms with Gasteiger partial charge in [0.25, 0.3) is 0 Å². The third-order valence-electron chi connectivity index (χ3n) is 2.88. The molecule has 1 aromatic rings. The first-order valence-electron chi connectivity index (χ1n) is 5.43. The molecule has 0 saturated heterocycles. The molecule has 0 radical (unpaired) electrons. The smallest absolute Gasteiger partial charge is 0.126 e. The largest absolute Gasteiger partial charge is 0.488 e. The quantitative estimate of drug-likeness (QED) is 0.768. The highest BCUT2D eigenvalue weighted by atomic mass is 16.5. The molecule has 0 aliphatic heterocycles. The number of ether oxygens (including phenoxy) is 1. The number of benzene rings is 1. The molecule has 15 heavy (non-hydrogen) atoms. The Morgan fingerprint density at radius 1 is 1.20 bits per heavy atom. The Morgan fingerprint density at radius 2 is 1.93 bits per heavy atom. The van der Waals surface area contributed by atoms with Gasteiger partial charge in [-0.05, 0) is 31.4 Å². The Balaban J connectivity index is 1.99. The van der Waals surface area contributed by atoms with Gasteiger partial charge in [-0.25, -0.2) is 0 Å². The van der Waals surface area contributed by atoms with E-state index < -0.39 is 6.10 Å². The average molecular weight is 207 g/mol. The second-order valence-corrected chi connectivity index (χ2v) is 4.05. The maximum atomic E-state index is 9.85. The lowest BCUT2D eigenvalue weighted by atomic mass is 9.90. The number of para-hydroxylation sites is 1. The van der Waals surface area contributed by atoms with Gasteiger partial charge < -0.3 is 15.6 Å². The van der Waals surface area contributed by atoms with Gasteiger partial charge in [0.15, 0.2) is 0 Å². The summed E-state index contributed by atoms with van der Waals surface area (Å²) in [6.07, 6.45) is 2.09. The van der Waals surface area contributed by atoms with Crippen LogP contribution in [0.3, 0.4) is 0 Å². The highest BCUT2D eigenvalue weighted by Gasteiger charge is 2.30. The lowest BCUT2D eigenvalue weighted by Crippen LogP contribution is -2.48. The molecular weight excluding hydrogens is 190 g/mol. The van der Waals surface area contributed by atoms with Crippen molar-refractivity contribution in [1.29, 1.82) is 0 Å².